The quantitative estimate of drug-likeness (QED) is 0.832. The predicted octanol–water partition coefficient (Wildman–Crippen LogP) is 0.543. The Morgan fingerprint density at radius 3 is 2.83 bits per heavy atom. The molecule has 2 heterocycles. The first-order valence-electron chi connectivity index (χ1n) is 5.48. The van der Waals surface area contributed by atoms with Gasteiger partial charge in [-0.3, -0.25) is 9.36 Å². The number of nitrogens with two attached hydrogens (primary N) is 1. The van der Waals surface area contributed by atoms with Gasteiger partial charge in [-0.2, -0.15) is 0 Å². The Labute approximate surface area is 103 Å². The highest BCUT2D eigenvalue weighted by Crippen LogP contribution is 2.28. The molecule has 0 unspecified atom stereocenters. The third-order valence-electron chi connectivity index (χ3n) is 2.75. The van der Waals surface area contributed by atoms with Crippen LogP contribution in [0.2, 0.25) is 0 Å². The van der Waals surface area contributed by atoms with Gasteiger partial charge in [-0.15, -0.1) is 10.2 Å². The molecule has 0 spiro atoms. The maximum absolute atomic E-state index is 11.1. The average molecular weight is 241 g/mol. The summed E-state index contributed by atoms with van der Waals surface area (Å²) in [5.74, 6) is 0.335. The van der Waals surface area contributed by atoms with Crippen molar-refractivity contribution in [1.82, 2.24) is 14.8 Å². The summed E-state index contributed by atoms with van der Waals surface area (Å²) in [6.45, 7) is 0.131. The van der Waals surface area contributed by atoms with E-state index in [4.69, 9.17) is 5.73 Å². The second-order valence-corrected chi connectivity index (χ2v) is 3.96. The Bertz CT molecular complexity index is 631. The summed E-state index contributed by atoms with van der Waals surface area (Å²) < 4.78 is 1.87. The van der Waals surface area contributed by atoms with Crippen LogP contribution in [0.15, 0.2) is 36.8 Å². The second kappa shape index (κ2) is 3.99. The van der Waals surface area contributed by atoms with E-state index in [1.165, 1.54) is 0 Å². The highest BCUT2D eigenvalue weighted by molar-refractivity contribution is 5.82. The van der Waals surface area contributed by atoms with Crippen LogP contribution in [-0.4, -0.2) is 27.2 Å². The smallest absolute Gasteiger partial charge is 0.237 e. The topological polar surface area (TPSA) is 77.0 Å². The van der Waals surface area contributed by atoms with Crippen molar-refractivity contribution in [2.24, 2.45) is 5.73 Å². The molecule has 0 aliphatic carbocycles. The normalized spacial score (nSPS) is 12.8. The number of para-hydroxylation sites is 2. The van der Waals surface area contributed by atoms with Crippen molar-refractivity contribution in [3.8, 4) is 5.69 Å². The summed E-state index contributed by atoms with van der Waals surface area (Å²) in [4.78, 5) is 12.9. The predicted molar refractivity (Wildman–Crippen MR) is 66.9 cm³/mol. The third-order valence-corrected chi connectivity index (χ3v) is 2.75. The maximum atomic E-state index is 11.1. The monoisotopic (exact) mass is 241 g/mol. The van der Waals surface area contributed by atoms with Gasteiger partial charge in [0.1, 0.15) is 12.9 Å². The van der Waals surface area contributed by atoms with Crippen LogP contribution in [0.5, 0.6) is 0 Å². The Kier molecular flexibility index (Phi) is 2.33. The minimum Gasteiger partial charge on any atom is -0.368 e. The minimum atomic E-state index is -0.382. The van der Waals surface area contributed by atoms with Crippen LogP contribution in [0, 0.1) is 0 Å². The van der Waals surface area contributed by atoms with E-state index in [9.17, 15) is 4.79 Å². The van der Waals surface area contributed by atoms with E-state index in [1.807, 2.05) is 28.8 Å². The number of hydrogen-bond acceptors (Lipinski definition) is 4. The Balaban J connectivity index is 2.17. The Hall–Kier alpha value is -2.63. The van der Waals surface area contributed by atoms with Crippen molar-refractivity contribution in [3.63, 3.8) is 0 Å². The maximum Gasteiger partial charge on any atom is 0.237 e. The van der Waals surface area contributed by atoms with Gasteiger partial charge in [-0.05, 0) is 18.2 Å². The summed E-state index contributed by atoms with van der Waals surface area (Å²) in [5, 5.41) is 7.89. The largest absolute Gasteiger partial charge is 0.368 e. The molecule has 1 aromatic heterocycles. The van der Waals surface area contributed by atoms with E-state index in [-0.39, 0.29) is 12.5 Å². The fraction of sp³-hybridized carbons (Fsp3) is 0.0833. The van der Waals surface area contributed by atoms with Crippen LogP contribution >= 0.6 is 0 Å². The first-order chi connectivity index (χ1) is 8.75. The van der Waals surface area contributed by atoms with Crippen LogP contribution in [0.3, 0.4) is 0 Å². The molecule has 90 valence electrons. The molecule has 3 rings (SSSR count). The number of aromatic nitrogens is 3. The molecule has 18 heavy (non-hydrogen) atoms. The Morgan fingerprint density at radius 1 is 1.28 bits per heavy atom. The number of rotatable bonds is 2. The number of nitrogens with zero attached hydrogens (tertiary/aromatic N) is 4. The van der Waals surface area contributed by atoms with Crippen LogP contribution in [0.4, 0.5) is 5.69 Å². The molecular weight excluding hydrogens is 230 g/mol. The molecule has 0 radical (unpaired) electrons. The first-order valence-corrected chi connectivity index (χ1v) is 5.48. The summed E-state index contributed by atoms with van der Waals surface area (Å²) >= 11 is 0. The summed E-state index contributed by atoms with van der Waals surface area (Å²) in [6.07, 6.45) is 5.24. The van der Waals surface area contributed by atoms with Gasteiger partial charge in [0.05, 0.1) is 11.4 Å². The molecular formula is C12H11N5O. The van der Waals surface area contributed by atoms with Gasteiger partial charge in [-0.25, -0.2) is 0 Å². The van der Waals surface area contributed by atoms with Crippen LogP contribution in [0.1, 0.15) is 5.82 Å². The number of amides is 1. The highest BCUT2D eigenvalue weighted by atomic mass is 16.1. The number of carbonyl (C=O) groups is 1. The molecule has 6 nitrogen and oxygen atoms in total. The Morgan fingerprint density at radius 2 is 2.06 bits per heavy atom. The van der Waals surface area contributed by atoms with Crippen molar-refractivity contribution in [3.05, 3.63) is 42.6 Å². The third kappa shape index (κ3) is 1.64. The number of carbonyl (C=O) groups excluding carboxylic acids is 1. The lowest BCUT2D eigenvalue weighted by Crippen LogP contribution is -2.29. The summed E-state index contributed by atoms with van der Waals surface area (Å²) in [5.41, 5.74) is 7.08. The second-order valence-electron chi connectivity index (χ2n) is 3.96. The molecule has 0 saturated carbocycles. The van der Waals surface area contributed by atoms with E-state index in [2.05, 4.69) is 10.2 Å². The minimum absolute atomic E-state index is 0.131. The lowest BCUT2D eigenvalue weighted by Gasteiger charge is -2.20. The molecule has 0 fully saturated rings. The van der Waals surface area contributed by atoms with E-state index in [0.29, 0.717) is 0 Å². The SMILES string of the molecule is NC(=O)CN1C=Cc2nncn2-c2ccccc21. The number of anilines is 1. The van der Waals surface area contributed by atoms with Gasteiger partial charge in [0.2, 0.25) is 5.91 Å². The van der Waals surface area contributed by atoms with Crippen molar-refractivity contribution in [2.75, 3.05) is 11.4 Å². The number of primary amides is 1. The summed E-state index contributed by atoms with van der Waals surface area (Å²) in [7, 11) is 0. The molecule has 1 aromatic carbocycles. The van der Waals surface area contributed by atoms with Crippen LogP contribution in [0.25, 0.3) is 11.8 Å². The zero-order valence-corrected chi connectivity index (χ0v) is 9.52. The zero-order chi connectivity index (χ0) is 12.5. The lowest BCUT2D eigenvalue weighted by atomic mass is 10.2. The van der Waals surface area contributed by atoms with Gasteiger partial charge >= 0.3 is 0 Å². The van der Waals surface area contributed by atoms with E-state index < -0.39 is 0 Å². The first kappa shape index (κ1) is 10.5. The van der Waals surface area contributed by atoms with Gasteiger partial charge in [0.25, 0.3) is 0 Å². The van der Waals surface area contributed by atoms with E-state index in [1.54, 1.807) is 23.5 Å². The van der Waals surface area contributed by atoms with Crippen molar-refractivity contribution in [2.45, 2.75) is 0 Å². The fourth-order valence-corrected chi connectivity index (χ4v) is 2.00. The molecule has 1 amide bonds. The molecule has 2 N–H and O–H groups in total. The average Bonchev–Trinajstić information content (AvgIpc) is 2.77. The van der Waals surface area contributed by atoms with Gasteiger partial charge in [-0.1, -0.05) is 12.1 Å². The highest BCUT2D eigenvalue weighted by Gasteiger charge is 2.17. The molecule has 0 atom stereocenters. The van der Waals surface area contributed by atoms with Crippen LogP contribution < -0.4 is 10.6 Å². The lowest BCUT2D eigenvalue weighted by molar-refractivity contribution is -0.116. The van der Waals surface area contributed by atoms with Crippen molar-refractivity contribution >= 4 is 17.7 Å². The molecule has 1 aliphatic heterocycles. The fourth-order valence-electron chi connectivity index (χ4n) is 2.00. The van der Waals surface area contributed by atoms with E-state index in [0.717, 1.165) is 17.2 Å². The van der Waals surface area contributed by atoms with Gasteiger partial charge < -0.3 is 10.6 Å². The van der Waals surface area contributed by atoms with Gasteiger partial charge in [0.15, 0.2) is 5.82 Å². The van der Waals surface area contributed by atoms with Crippen LogP contribution in [-0.2, 0) is 4.79 Å². The van der Waals surface area contributed by atoms with Crippen molar-refractivity contribution < 1.29 is 4.79 Å². The molecule has 0 bridgehead atoms. The number of benzene rings is 1. The zero-order valence-electron chi connectivity index (χ0n) is 9.52. The molecule has 2 aromatic rings. The van der Waals surface area contributed by atoms with E-state index >= 15 is 0 Å². The number of fused-ring (bicyclic) bond motifs is 3. The molecule has 1 aliphatic rings. The molecule has 6 heteroatoms. The van der Waals surface area contributed by atoms with Gasteiger partial charge in [0, 0.05) is 6.20 Å². The summed E-state index contributed by atoms with van der Waals surface area (Å²) in [6, 6.07) is 7.72. The van der Waals surface area contributed by atoms with Crippen molar-refractivity contribution in [1.29, 1.82) is 0 Å². The molecule has 0 saturated heterocycles. The standard InChI is InChI=1S/C12H11N5O/c13-11(18)7-16-6-5-12-15-14-8-17(12)10-4-2-1-3-9(10)16/h1-6,8H,7H2,(H2,13,18). The number of hydrogen-bond donors (Lipinski definition) is 1.